The van der Waals surface area contributed by atoms with E-state index < -0.39 is 16.6 Å². The Morgan fingerprint density at radius 1 is 1.00 bits per heavy atom. The van der Waals surface area contributed by atoms with Crippen molar-refractivity contribution in [1.29, 1.82) is 0 Å². The van der Waals surface area contributed by atoms with E-state index in [2.05, 4.69) is 23.8 Å². The molecule has 0 aromatic carbocycles. The number of rotatable bonds is 1. The number of hydrogen-bond donors (Lipinski definition) is 4. The van der Waals surface area contributed by atoms with Gasteiger partial charge in [0.25, 0.3) is 0 Å². The molecule has 27 heavy (non-hydrogen) atoms. The lowest BCUT2D eigenvalue weighted by Crippen LogP contribution is -2.64. The van der Waals surface area contributed by atoms with Gasteiger partial charge in [-0.15, -0.1) is 0 Å². The van der Waals surface area contributed by atoms with Crippen LogP contribution in [0.4, 0.5) is 0 Å². The molecule has 0 unspecified atom stereocenters. The van der Waals surface area contributed by atoms with Crippen LogP contribution in [0.1, 0.15) is 77.5 Å². The van der Waals surface area contributed by atoms with Crippen molar-refractivity contribution in [3.05, 3.63) is 18.2 Å². The van der Waals surface area contributed by atoms with E-state index >= 15 is 0 Å². The number of H-pyrrole nitrogens is 1. The van der Waals surface area contributed by atoms with Gasteiger partial charge >= 0.3 is 0 Å². The quantitative estimate of drug-likeness (QED) is 0.608. The Morgan fingerprint density at radius 3 is 2.56 bits per heavy atom. The summed E-state index contributed by atoms with van der Waals surface area (Å²) < 4.78 is 0. The SMILES string of the molecule is C[C@]12CC[C@H](O)C[C@H]1CC[C@@H]1[C@@H]2CC[C@]2(C)[C@@](O)(c3ncc[nH]3)CC[C@]12O. The number of fused-ring (bicyclic) bond motifs is 5. The Labute approximate surface area is 161 Å². The Kier molecular flexibility index (Phi) is 3.75. The van der Waals surface area contributed by atoms with Gasteiger partial charge in [-0.25, -0.2) is 4.98 Å². The number of nitrogens with zero attached hydrogens (tertiary/aromatic N) is 1. The number of aliphatic hydroxyl groups is 3. The molecule has 4 N–H and O–H groups in total. The summed E-state index contributed by atoms with van der Waals surface area (Å²) >= 11 is 0. The summed E-state index contributed by atoms with van der Waals surface area (Å²) in [6.45, 7) is 4.51. The van der Waals surface area contributed by atoms with E-state index in [-0.39, 0.29) is 17.4 Å². The first kappa shape index (κ1) is 18.1. The maximum absolute atomic E-state index is 12.1. The largest absolute Gasteiger partial charge is 0.393 e. The smallest absolute Gasteiger partial charge is 0.138 e. The van der Waals surface area contributed by atoms with E-state index in [4.69, 9.17) is 0 Å². The number of hydrogen-bond acceptors (Lipinski definition) is 4. The standard InChI is InChI=1S/C22H34N2O3/c1-19-7-5-15(25)13-14(19)3-4-17-16(19)6-8-20(2)21(17,26)9-10-22(20,27)18-23-11-12-24-18/h11-12,14-17,25-27H,3-10,13H2,1-2H3,(H,23,24)/t14-,15+,16+,17-,19+,20+,21+,22+/m1/s1. The van der Waals surface area contributed by atoms with Crippen molar-refractivity contribution in [3.8, 4) is 0 Å². The Balaban J connectivity index is 1.52. The minimum Gasteiger partial charge on any atom is -0.393 e. The molecule has 5 nitrogen and oxygen atoms in total. The summed E-state index contributed by atoms with van der Waals surface area (Å²) in [6, 6.07) is 0. The van der Waals surface area contributed by atoms with E-state index in [1.807, 2.05) is 0 Å². The third-order valence-corrected chi connectivity index (χ3v) is 9.86. The molecule has 150 valence electrons. The summed E-state index contributed by atoms with van der Waals surface area (Å²) in [6.07, 6.45) is 11.4. The minimum absolute atomic E-state index is 0.146. The molecule has 8 atom stereocenters. The van der Waals surface area contributed by atoms with Crippen molar-refractivity contribution in [3.63, 3.8) is 0 Å². The molecule has 0 spiro atoms. The van der Waals surface area contributed by atoms with E-state index in [0.29, 0.717) is 30.5 Å². The fraction of sp³-hybridized carbons (Fsp3) is 0.864. The molecule has 0 amide bonds. The zero-order valence-corrected chi connectivity index (χ0v) is 16.6. The average molecular weight is 375 g/mol. The molecule has 0 saturated heterocycles. The van der Waals surface area contributed by atoms with Gasteiger partial charge in [-0.05, 0) is 81.0 Å². The van der Waals surface area contributed by atoms with E-state index in [1.165, 1.54) is 0 Å². The zero-order chi connectivity index (χ0) is 19.1. The maximum Gasteiger partial charge on any atom is 0.138 e. The van der Waals surface area contributed by atoms with Gasteiger partial charge < -0.3 is 20.3 Å². The van der Waals surface area contributed by atoms with Crippen LogP contribution >= 0.6 is 0 Å². The van der Waals surface area contributed by atoms with E-state index in [9.17, 15) is 15.3 Å². The molecule has 4 fully saturated rings. The topological polar surface area (TPSA) is 89.4 Å². The van der Waals surface area contributed by atoms with Crippen LogP contribution in [0.2, 0.25) is 0 Å². The molecule has 0 aliphatic heterocycles. The first-order valence-electron chi connectivity index (χ1n) is 10.9. The second kappa shape index (κ2) is 5.58. The van der Waals surface area contributed by atoms with Crippen LogP contribution < -0.4 is 0 Å². The predicted octanol–water partition coefficient (Wildman–Crippen LogP) is 3.12. The summed E-state index contributed by atoms with van der Waals surface area (Å²) in [7, 11) is 0. The monoisotopic (exact) mass is 374 g/mol. The highest BCUT2D eigenvalue weighted by molar-refractivity contribution is 5.25. The molecule has 1 heterocycles. The van der Waals surface area contributed by atoms with Crippen LogP contribution in [0.3, 0.4) is 0 Å². The molecule has 0 bridgehead atoms. The van der Waals surface area contributed by atoms with Gasteiger partial charge in [0.05, 0.1) is 11.7 Å². The van der Waals surface area contributed by atoms with Crippen molar-refractivity contribution in [2.24, 2.45) is 28.6 Å². The van der Waals surface area contributed by atoms with Crippen LogP contribution in [0, 0.1) is 28.6 Å². The van der Waals surface area contributed by atoms with Gasteiger partial charge in [0.2, 0.25) is 0 Å². The van der Waals surface area contributed by atoms with Crippen molar-refractivity contribution >= 4 is 0 Å². The minimum atomic E-state index is -1.09. The number of aromatic nitrogens is 2. The number of aliphatic hydroxyl groups excluding tert-OH is 1. The molecule has 0 radical (unpaired) electrons. The predicted molar refractivity (Wildman–Crippen MR) is 102 cm³/mol. The van der Waals surface area contributed by atoms with Crippen molar-refractivity contribution in [2.75, 3.05) is 0 Å². The van der Waals surface area contributed by atoms with Crippen LogP contribution in [0.25, 0.3) is 0 Å². The first-order valence-corrected chi connectivity index (χ1v) is 10.9. The van der Waals surface area contributed by atoms with Crippen molar-refractivity contribution < 1.29 is 15.3 Å². The van der Waals surface area contributed by atoms with Gasteiger partial charge in [0.1, 0.15) is 11.4 Å². The highest BCUT2D eigenvalue weighted by Crippen LogP contribution is 2.71. The maximum atomic E-state index is 12.1. The molecular weight excluding hydrogens is 340 g/mol. The molecule has 4 saturated carbocycles. The van der Waals surface area contributed by atoms with Crippen molar-refractivity contribution in [2.45, 2.75) is 88.9 Å². The van der Waals surface area contributed by atoms with Crippen LogP contribution in [-0.2, 0) is 5.60 Å². The van der Waals surface area contributed by atoms with E-state index in [1.54, 1.807) is 12.4 Å². The first-order chi connectivity index (χ1) is 12.7. The Bertz CT molecular complexity index is 723. The second-order valence-corrected chi connectivity index (χ2v) is 10.5. The van der Waals surface area contributed by atoms with Gasteiger partial charge in [0.15, 0.2) is 0 Å². The summed E-state index contributed by atoms with van der Waals surface area (Å²) in [4.78, 5) is 7.51. The zero-order valence-electron chi connectivity index (χ0n) is 16.6. The lowest BCUT2D eigenvalue weighted by Gasteiger charge is -2.64. The summed E-state index contributed by atoms with van der Waals surface area (Å²) in [5.41, 5.74) is -2.29. The molecule has 5 heteroatoms. The van der Waals surface area contributed by atoms with Crippen molar-refractivity contribution in [1.82, 2.24) is 9.97 Å². The molecular formula is C22H34N2O3. The van der Waals surface area contributed by atoms with Crippen LogP contribution in [-0.4, -0.2) is 37.0 Å². The lowest BCUT2D eigenvalue weighted by molar-refractivity contribution is -0.239. The number of aromatic amines is 1. The molecule has 4 aliphatic carbocycles. The fourth-order valence-corrected chi connectivity index (χ4v) is 8.09. The summed E-state index contributed by atoms with van der Waals surface area (Å²) in [5.74, 6) is 1.90. The number of imidazole rings is 1. The highest BCUT2D eigenvalue weighted by Gasteiger charge is 2.72. The highest BCUT2D eigenvalue weighted by atomic mass is 16.3. The van der Waals surface area contributed by atoms with Crippen LogP contribution in [0.5, 0.6) is 0 Å². The third kappa shape index (κ3) is 2.09. The second-order valence-electron chi connectivity index (χ2n) is 10.5. The molecule has 5 rings (SSSR count). The lowest BCUT2D eigenvalue weighted by atomic mass is 9.43. The van der Waals surface area contributed by atoms with Crippen LogP contribution in [0.15, 0.2) is 12.4 Å². The van der Waals surface area contributed by atoms with E-state index in [0.717, 1.165) is 44.9 Å². The average Bonchev–Trinajstić information content (AvgIpc) is 3.24. The molecule has 4 aliphatic rings. The summed E-state index contributed by atoms with van der Waals surface area (Å²) in [5, 5.41) is 34.0. The van der Waals surface area contributed by atoms with Gasteiger partial charge in [0, 0.05) is 17.8 Å². The number of nitrogens with one attached hydrogen (secondary N) is 1. The van der Waals surface area contributed by atoms with Gasteiger partial charge in [-0.1, -0.05) is 13.8 Å². The van der Waals surface area contributed by atoms with Gasteiger partial charge in [-0.2, -0.15) is 0 Å². The molecule has 1 aromatic heterocycles. The Morgan fingerprint density at radius 2 is 1.81 bits per heavy atom. The molecule has 1 aromatic rings. The van der Waals surface area contributed by atoms with Gasteiger partial charge in [-0.3, -0.25) is 0 Å². The fourth-order valence-electron chi connectivity index (χ4n) is 8.09. The Hall–Kier alpha value is -0.910. The normalized spacial score (nSPS) is 54.9. The third-order valence-electron chi connectivity index (χ3n) is 9.86.